The Bertz CT molecular complexity index is 41.4. The summed E-state index contributed by atoms with van der Waals surface area (Å²) in [6.07, 6.45) is 5.10. The van der Waals surface area contributed by atoms with Gasteiger partial charge in [-0.15, -0.1) is 18.2 Å². The maximum Gasteiger partial charge on any atom is 0.0499 e. The molecule has 1 radical (unpaired) electrons. The van der Waals surface area contributed by atoms with Crippen molar-refractivity contribution in [2.75, 3.05) is 0 Å². The summed E-state index contributed by atoms with van der Waals surface area (Å²) in [6, 6.07) is 0. The van der Waals surface area contributed by atoms with Crippen molar-refractivity contribution in [1.29, 1.82) is 0 Å². The molecule has 0 fully saturated rings. The minimum absolute atomic E-state index is 0.994. The lowest BCUT2D eigenvalue weighted by Crippen LogP contribution is -1.66. The Balaban J connectivity index is 2.56. The predicted octanol–water partition coefficient (Wildman–Crippen LogP) is 2.74. The van der Waals surface area contributed by atoms with Crippen LogP contribution < -0.4 is 0 Å². The summed E-state index contributed by atoms with van der Waals surface area (Å²) in [5.74, 6) is 1.66. The quantitative estimate of drug-likeness (QED) is 0.392. The van der Waals surface area contributed by atoms with Crippen LogP contribution in [-0.4, -0.2) is 0 Å². The Morgan fingerprint density at radius 1 is 1.43 bits per heavy atom. The molecule has 0 bridgehead atoms. The molecule has 0 unspecified atom stereocenters. The Morgan fingerprint density at radius 3 is 2.57 bits per heavy atom. The van der Waals surface area contributed by atoms with Crippen molar-refractivity contribution in [2.24, 2.45) is 0 Å². The predicted molar refractivity (Wildman–Crippen MR) is 34.2 cm³/mol. The molecule has 0 N–H and O–H groups in total. The first-order chi connectivity index (χ1) is 3.41. The van der Waals surface area contributed by atoms with Gasteiger partial charge in [-0.1, -0.05) is 6.08 Å². The smallest absolute Gasteiger partial charge is 0.0499 e. The van der Waals surface area contributed by atoms with E-state index < -0.39 is 0 Å². The molecule has 0 aliphatic carbocycles. The van der Waals surface area contributed by atoms with Crippen LogP contribution in [0.5, 0.6) is 0 Å². The molecule has 0 aromatic carbocycles. The van der Waals surface area contributed by atoms with E-state index in [4.69, 9.17) is 11.6 Å². The molecule has 0 aliphatic rings. The maximum absolute atomic E-state index is 5.28. The van der Waals surface area contributed by atoms with Crippen molar-refractivity contribution >= 4 is 11.6 Å². The molecule has 0 heterocycles. The fourth-order valence-corrected chi connectivity index (χ4v) is 0.494. The lowest BCUT2D eigenvalue weighted by molar-refractivity contribution is 0.857. The molecule has 0 atom stereocenters. The second kappa shape index (κ2) is 6.03. The summed E-state index contributed by atoms with van der Waals surface area (Å²) < 4.78 is 0. The van der Waals surface area contributed by atoms with Crippen LogP contribution in [0, 0.1) is 5.88 Å². The second-order valence-corrected chi connectivity index (χ2v) is 1.68. The standard InChI is InChI=1S/C6H10Cl/c1-2-3-4-5-6-7/h2,6H,1,3-5H2. The summed E-state index contributed by atoms with van der Waals surface area (Å²) in [7, 11) is 0. The van der Waals surface area contributed by atoms with Gasteiger partial charge in [-0.2, -0.15) is 0 Å². The van der Waals surface area contributed by atoms with Crippen molar-refractivity contribution < 1.29 is 0 Å². The molecule has 0 spiro atoms. The average Bonchev–Trinajstić information content (AvgIpc) is 1.69. The van der Waals surface area contributed by atoms with Crippen LogP contribution in [0.2, 0.25) is 0 Å². The zero-order valence-corrected chi connectivity index (χ0v) is 5.12. The Morgan fingerprint density at radius 2 is 2.14 bits per heavy atom. The number of hydrogen-bond donors (Lipinski definition) is 0. The van der Waals surface area contributed by atoms with Crippen LogP contribution in [-0.2, 0) is 0 Å². The first-order valence-corrected chi connectivity index (χ1v) is 2.88. The molecule has 0 saturated carbocycles. The van der Waals surface area contributed by atoms with Crippen LogP contribution in [0.3, 0.4) is 0 Å². The zero-order valence-electron chi connectivity index (χ0n) is 4.36. The highest BCUT2D eigenvalue weighted by atomic mass is 35.5. The lowest BCUT2D eigenvalue weighted by atomic mass is 10.2. The Kier molecular flexibility index (Phi) is 6.06. The SMILES string of the molecule is C=CCCC[CH]Cl. The van der Waals surface area contributed by atoms with Crippen molar-refractivity contribution in [3.63, 3.8) is 0 Å². The van der Waals surface area contributed by atoms with Gasteiger partial charge in [0.2, 0.25) is 0 Å². The second-order valence-electron chi connectivity index (χ2n) is 1.37. The third-order valence-corrected chi connectivity index (χ3v) is 0.940. The van der Waals surface area contributed by atoms with Gasteiger partial charge < -0.3 is 0 Å². The molecular formula is C6H10Cl. The fourth-order valence-electron chi connectivity index (χ4n) is 0.339. The minimum Gasteiger partial charge on any atom is -0.121 e. The van der Waals surface area contributed by atoms with E-state index in [0.717, 1.165) is 19.3 Å². The normalized spacial score (nSPS) is 8.71. The van der Waals surface area contributed by atoms with E-state index in [1.807, 2.05) is 6.08 Å². The monoisotopic (exact) mass is 117 g/mol. The van der Waals surface area contributed by atoms with E-state index >= 15 is 0 Å². The van der Waals surface area contributed by atoms with Crippen molar-refractivity contribution in [3.05, 3.63) is 18.5 Å². The van der Waals surface area contributed by atoms with Crippen molar-refractivity contribution in [3.8, 4) is 0 Å². The van der Waals surface area contributed by atoms with E-state index in [1.54, 1.807) is 5.88 Å². The molecule has 0 amide bonds. The van der Waals surface area contributed by atoms with Crippen LogP contribution in [0.25, 0.3) is 0 Å². The third-order valence-electron chi connectivity index (χ3n) is 0.721. The van der Waals surface area contributed by atoms with E-state index in [0.29, 0.717) is 0 Å². The van der Waals surface area contributed by atoms with Crippen LogP contribution >= 0.6 is 11.6 Å². The van der Waals surface area contributed by atoms with Crippen LogP contribution in [0.15, 0.2) is 12.7 Å². The van der Waals surface area contributed by atoms with Gasteiger partial charge in [-0.25, -0.2) is 0 Å². The first-order valence-electron chi connectivity index (χ1n) is 2.44. The molecule has 0 nitrogen and oxygen atoms in total. The number of hydrogen-bond acceptors (Lipinski definition) is 0. The highest BCUT2D eigenvalue weighted by Gasteiger charge is 1.79. The Labute approximate surface area is 50.2 Å². The number of unbranched alkanes of at least 4 members (excludes halogenated alkanes) is 2. The molecule has 7 heavy (non-hydrogen) atoms. The zero-order chi connectivity index (χ0) is 5.54. The molecular weight excluding hydrogens is 108 g/mol. The number of halogens is 1. The molecule has 0 aromatic heterocycles. The summed E-state index contributed by atoms with van der Waals surface area (Å²) in [5, 5.41) is 0. The van der Waals surface area contributed by atoms with Gasteiger partial charge in [0.05, 0.1) is 0 Å². The van der Waals surface area contributed by atoms with E-state index in [9.17, 15) is 0 Å². The highest BCUT2D eigenvalue weighted by molar-refractivity contribution is 6.23. The van der Waals surface area contributed by atoms with Crippen molar-refractivity contribution in [2.45, 2.75) is 19.3 Å². The van der Waals surface area contributed by atoms with Gasteiger partial charge >= 0.3 is 0 Å². The molecule has 1 heteroatoms. The topological polar surface area (TPSA) is 0 Å². The molecule has 0 aliphatic heterocycles. The highest BCUT2D eigenvalue weighted by Crippen LogP contribution is 2.00. The minimum atomic E-state index is 0.994. The molecule has 0 aromatic rings. The van der Waals surface area contributed by atoms with E-state index in [1.165, 1.54) is 0 Å². The molecule has 0 saturated heterocycles. The van der Waals surface area contributed by atoms with Crippen molar-refractivity contribution in [1.82, 2.24) is 0 Å². The number of rotatable bonds is 4. The maximum atomic E-state index is 5.28. The summed E-state index contributed by atoms with van der Waals surface area (Å²) in [5.41, 5.74) is 0. The number of allylic oxidation sites excluding steroid dienone is 1. The fraction of sp³-hybridized carbons (Fsp3) is 0.500. The van der Waals surface area contributed by atoms with Gasteiger partial charge in [-0.05, 0) is 19.3 Å². The third kappa shape index (κ3) is 6.03. The van der Waals surface area contributed by atoms with Crippen LogP contribution in [0.4, 0.5) is 0 Å². The van der Waals surface area contributed by atoms with Gasteiger partial charge in [0, 0.05) is 5.88 Å². The van der Waals surface area contributed by atoms with E-state index in [-0.39, 0.29) is 0 Å². The van der Waals surface area contributed by atoms with Crippen LogP contribution in [0.1, 0.15) is 19.3 Å². The van der Waals surface area contributed by atoms with E-state index in [2.05, 4.69) is 6.58 Å². The molecule has 41 valence electrons. The van der Waals surface area contributed by atoms with Gasteiger partial charge in [0.15, 0.2) is 0 Å². The van der Waals surface area contributed by atoms with Gasteiger partial charge in [-0.3, -0.25) is 0 Å². The lowest BCUT2D eigenvalue weighted by Gasteiger charge is -1.86. The Hall–Kier alpha value is 0.0300. The molecule has 0 rings (SSSR count). The van der Waals surface area contributed by atoms with Gasteiger partial charge in [0.1, 0.15) is 0 Å². The average molecular weight is 118 g/mol. The summed E-state index contributed by atoms with van der Waals surface area (Å²) in [4.78, 5) is 0. The largest absolute Gasteiger partial charge is 0.121 e. The van der Waals surface area contributed by atoms with Gasteiger partial charge in [0.25, 0.3) is 0 Å². The first kappa shape index (κ1) is 7.03. The summed E-state index contributed by atoms with van der Waals surface area (Å²) in [6.45, 7) is 3.58. The summed E-state index contributed by atoms with van der Waals surface area (Å²) >= 11 is 5.28.